The normalized spacial score (nSPS) is 19.2. The predicted octanol–water partition coefficient (Wildman–Crippen LogP) is 5.05. The summed E-state index contributed by atoms with van der Waals surface area (Å²) >= 11 is 0. The van der Waals surface area contributed by atoms with E-state index in [2.05, 4.69) is 73.3 Å². The first-order valence-corrected chi connectivity index (χ1v) is 13.1. The fraction of sp³-hybridized carbons (Fsp3) is 0.517. The lowest BCUT2D eigenvalue weighted by atomic mass is 9.87. The summed E-state index contributed by atoms with van der Waals surface area (Å²) < 4.78 is 5.40. The third kappa shape index (κ3) is 5.14. The number of carbonyl (C=O) groups is 1. The Morgan fingerprint density at radius 1 is 1.14 bits per heavy atom. The zero-order valence-corrected chi connectivity index (χ0v) is 21.5. The Morgan fingerprint density at radius 3 is 2.54 bits per heavy atom. The number of amides is 1. The molecule has 35 heavy (non-hydrogen) atoms. The maximum Gasteiger partial charge on any atom is 0.236 e. The molecule has 0 radical (unpaired) electrons. The van der Waals surface area contributed by atoms with E-state index < -0.39 is 0 Å². The van der Waals surface area contributed by atoms with Crippen molar-refractivity contribution in [2.75, 3.05) is 32.8 Å². The van der Waals surface area contributed by atoms with E-state index in [0.717, 1.165) is 57.0 Å². The van der Waals surface area contributed by atoms with Crippen LogP contribution in [-0.4, -0.2) is 59.7 Å². The molecule has 186 valence electrons. The molecule has 2 aromatic heterocycles. The van der Waals surface area contributed by atoms with Crippen molar-refractivity contribution in [3.05, 3.63) is 52.8 Å². The Bertz CT molecular complexity index is 1180. The number of piperidine rings is 1. The molecule has 6 nitrogen and oxygen atoms in total. The lowest BCUT2D eigenvalue weighted by molar-refractivity contribution is -0.131. The molecule has 1 amide bonds. The number of nitrogens with zero attached hydrogens (tertiary/aromatic N) is 2. The second-order valence-corrected chi connectivity index (χ2v) is 10.6. The smallest absolute Gasteiger partial charge is 0.236 e. The minimum atomic E-state index is 0.214. The van der Waals surface area contributed by atoms with Crippen molar-refractivity contribution in [2.24, 2.45) is 0 Å². The maximum atomic E-state index is 12.7. The third-order valence-corrected chi connectivity index (χ3v) is 7.60. The van der Waals surface area contributed by atoms with E-state index in [1.54, 1.807) is 0 Å². The molecule has 2 fully saturated rings. The number of hydrogen-bond donors (Lipinski definition) is 2. The fourth-order valence-electron chi connectivity index (χ4n) is 5.79. The summed E-state index contributed by atoms with van der Waals surface area (Å²) in [6.45, 7) is 12.3. The molecule has 4 heterocycles. The monoisotopic (exact) mass is 474 g/mol. The first-order valence-electron chi connectivity index (χ1n) is 13.1. The SMILES string of the molecule is Cc1cc(-c2[nH]c3ccc(C4CCN(C(=O)CNC5CCOC5)CC4)cc3c2C(C)C)cc(C)n1. The summed E-state index contributed by atoms with van der Waals surface area (Å²) in [5.41, 5.74) is 8.46. The molecule has 1 atom stereocenters. The first kappa shape index (κ1) is 24.0. The van der Waals surface area contributed by atoms with Crippen molar-refractivity contribution in [3.63, 3.8) is 0 Å². The summed E-state index contributed by atoms with van der Waals surface area (Å²) in [5, 5.41) is 4.68. The molecule has 1 aromatic carbocycles. The molecular formula is C29H38N4O2. The number of nitrogens with one attached hydrogen (secondary N) is 2. The van der Waals surface area contributed by atoms with Crippen LogP contribution in [0.25, 0.3) is 22.2 Å². The summed E-state index contributed by atoms with van der Waals surface area (Å²) in [5.74, 6) is 1.11. The molecule has 2 aliphatic heterocycles. The molecule has 6 heteroatoms. The van der Waals surface area contributed by atoms with Gasteiger partial charge in [0.2, 0.25) is 5.91 Å². The minimum Gasteiger partial charge on any atom is -0.380 e. The van der Waals surface area contributed by atoms with Crippen LogP contribution in [0.2, 0.25) is 0 Å². The van der Waals surface area contributed by atoms with E-state index in [4.69, 9.17) is 4.74 Å². The Hall–Kier alpha value is -2.70. The Kier molecular flexibility index (Phi) is 6.94. The van der Waals surface area contributed by atoms with Crippen LogP contribution in [0.15, 0.2) is 30.3 Å². The number of aromatic amines is 1. The molecule has 3 aromatic rings. The maximum absolute atomic E-state index is 12.7. The van der Waals surface area contributed by atoms with Gasteiger partial charge < -0.3 is 19.9 Å². The van der Waals surface area contributed by atoms with E-state index >= 15 is 0 Å². The number of fused-ring (bicyclic) bond motifs is 1. The number of pyridine rings is 1. The number of aryl methyl sites for hydroxylation is 2. The van der Waals surface area contributed by atoms with Crippen LogP contribution in [-0.2, 0) is 9.53 Å². The number of aromatic nitrogens is 2. The van der Waals surface area contributed by atoms with Gasteiger partial charge in [0.15, 0.2) is 0 Å². The minimum absolute atomic E-state index is 0.214. The van der Waals surface area contributed by atoms with Crippen molar-refractivity contribution in [2.45, 2.75) is 64.8 Å². The van der Waals surface area contributed by atoms with E-state index in [-0.39, 0.29) is 5.91 Å². The van der Waals surface area contributed by atoms with E-state index in [0.29, 0.717) is 24.4 Å². The summed E-state index contributed by atoms with van der Waals surface area (Å²) in [6.07, 6.45) is 3.03. The van der Waals surface area contributed by atoms with E-state index in [9.17, 15) is 4.79 Å². The van der Waals surface area contributed by atoms with Gasteiger partial charge in [0.05, 0.1) is 18.8 Å². The Balaban J connectivity index is 1.32. The molecule has 2 saturated heterocycles. The molecule has 0 bridgehead atoms. The molecular weight excluding hydrogens is 436 g/mol. The molecule has 5 rings (SSSR count). The van der Waals surface area contributed by atoms with Crippen LogP contribution in [0.5, 0.6) is 0 Å². The lowest BCUT2D eigenvalue weighted by Crippen LogP contribution is -2.44. The van der Waals surface area contributed by atoms with Crippen LogP contribution >= 0.6 is 0 Å². The van der Waals surface area contributed by atoms with E-state index in [1.807, 2.05) is 4.90 Å². The fourth-order valence-corrected chi connectivity index (χ4v) is 5.79. The summed E-state index contributed by atoms with van der Waals surface area (Å²) in [4.78, 5) is 23.0. The van der Waals surface area contributed by atoms with Crippen molar-refractivity contribution < 1.29 is 9.53 Å². The number of H-pyrrole nitrogens is 1. The molecule has 1 unspecified atom stereocenters. The van der Waals surface area contributed by atoms with Crippen molar-refractivity contribution in [1.82, 2.24) is 20.2 Å². The van der Waals surface area contributed by atoms with Gasteiger partial charge in [-0.1, -0.05) is 19.9 Å². The summed E-state index contributed by atoms with van der Waals surface area (Å²) in [7, 11) is 0. The van der Waals surface area contributed by atoms with E-state index in [1.165, 1.54) is 33.3 Å². The van der Waals surface area contributed by atoms with Crippen LogP contribution in [0.3, 0.4) is 0 Å². The molecule has 2 aliphatic rings. The molecule has 0 spiro atoms. The van der Waals surface area contributed by atoms with Gasteiger partial charge in [-0.25, -0.2) is 0 Å². The van der Waals surface area contributed by atoms with Crippen LogP contribution in [0, 0.1) is 13.8 Å². The van der Waals surface area contributed by atoms with Gasteiger partial charge in [0.1, 0.15) is 0 Å². The highest BCUT2D eigenvalue weighted by atomic mass is 16.5. The van der Waals surface area contributed by atoms with Gasteiger partial charge in [-0.05, 0) is 80.3 Å². The van der Waals surface area contributed by atoms with Crippen LogP contribution in [0.4, 0.5) is 0 Å². The van der Waals surface area contributed by atoms with Crippen molar-refractivity contribution in [3.8, 4) is 11.3 Å². The molecule has 0 aliphatic carbocycles. The number of ether oxygens (including phenoxy) is 1. The predicted molar refractivity (Wildman–Crippen MR) is 141 cm³/mol. The topological polar surface area (TPSA) is 70.2 Å². The highest BCUT2D eigenvalue weighted by Crippen LogP contribution is 2.38. The second kappa shape index (κ2) is 10.1. The third-order valence-electron chi connectivity index (χ3n) is 7.60. The van der Waals surface area contributed by atoms with Crippen molar-refractivity contribution in [1.29, 1.82) is 0 Å². The lowest BCUT2D eigenvalue weighted by Gasteiger charge is -2.32. The van der Waals surface area contributed by atoms with Crippen molar-refractivity contribution >= 4 is 16.8 Å². The standard InChI is InChI=1S/C29H38N4O2/c1-18(2)28-25-15-22(5-6-26(25)32-29(28)23-13-19(3)31-20(4)14-23)21-7-10-33(11-8-21)27(34)16-30-24-9-12-35-17-24/h5-6,13-15,18,21,24,30,32H,7-12,16-17H2,1-4H3. The number of carbonyl (C=O) groups excluding carboxylic acids is 1. The number of likely N-dealkylation sites (tertiary alicyclic amines) is 1. The summed E-state index contributed by atoms with van der Waals surface area (Å²) in [6, 6.07) is 11.6. The van der Waals surface area contributed by atoms with Gasteiger partial charge in [0.25, 0.3) is 0 Å². The Morgan fingerprint density at radius 2 is 1.89 bits per heavy atom. The van der Waals surface area contributed by atoms with Gasteiger partial charge in [-0.3, -0.25) is 9.78 Å². The zero-order chi connectivity index (χ0) is 24.5. The van der Waals surface area contributed by atoms with Gasteiger partial charge in [-0.15, -0.1) is 0 Å². The first-order chi connectivity index (χ1) is 16.9. The quantitative estimate of drug-likeness (QED) is 0.524. The number of benzene rings is 1. The van der Waals surface area contributed by atoms with Gasteiger partial charge >= 0.3 is 0 Å². The molecule has 2 N–H and O–H groups in total. The average molecular weight is 475 g/mol. The second-order valence-electron chi connectivity index (χ2n) is 10.6. The number of rotatable bonds is 6. The highest BCUT2D eigenvalue weighted by Gasteiger charge is 2.26. The van der Waals surface area contributed by atoms with Crippen LogP contribution < -0.4 is 5.32 Å². The molecule has 0 saturated carbocycles. The van der Waals surface area contributed by atoms with Gasteiger partial charge in [0, 0.05) is 53.6 Å². The highest BCUT2D eigenvalue weighted by molar-refractivity contribution is 5.92. The Labute approximate surface area is 208 Å². The number of hydrogen-bond acceptors (Lipinski definition) is 4. The van der Waals surface area contributed by atoms with Crippen LogP contribution in [0.1, 0.15) is 67.5 Å². The zero-order valence-electron chi connectivity index (χ0n) is 21.5. The van der Waals surface area contributed by atoms with Gasteiger partial charge in [-0.2, -0.15) is 0 Å². The average Bonchev–Trinajstić information content (AvgIpc) is 3.49. The largest absolute Gasteiger partial charge is 0.380 e.